The van der Waals surface area contributed by atoms with Crippen molar-refractivity contribution in [3.05, 3.63) is 46.2 Å². The van der Waals surface area contributed by atoms with Crippen LogP contribution in [0, 0.1) is 11.6 Å². The highest BCUT2D eigenvalue weighted by molar-refractivity contribution is 7.16. The molecule has 0 saturated heterocycles. The lowest BCUT2D eigenvalue weighted by Crippen LogP contribution is -1.99. The monoisotopic (exact) mass is 292 g/mol. The number of nitrogens with zero attached hydrogens (tertiary/aromatic N) is 4. The van der Waals surface area contributed by atoms with Gasteiger partial charge in [-0.2, -0.15) is 9.61 Å². The molecule has 0 unspecified atom stereocenters. The van der Waals surface area contributed by atoms with Gasteiger partial charge in [-0.05, 0) is 30.5 Å². The summed E-state index contributed by atoms with van der Waals surface area (Å²) in [5, 5.41) is 13.7. The lowest BCUT2D eigenvalue weighted by Gasteiger charge is -1.99. The van der Waals surface area contributed by atoms with Gasteiger partial charge in [0.05, 0.1) is 0 Å². The molecule has 4 rings (SSSR count). The highest BCUT2D eigenvalue weighted by atomic mass is 32.1. The van der Waals surface area contributed by atoms with Crippen molar-refractivity contribution in [2.45, 2.75) is 25.2 Å². The van der Waals surface area contributed by atoms with E-state index in [2.05, 4.69) is 15.3 Å². The predicted molar refractivity (Wildman–Crippen MR) is 69.8 cm³/mol. The normalized spacial score (nSPS) is 15.1. The van der Waals surface area contributed by atoms with Gasteiger partial charge < -0.3 is 0 Å². The third-order valence-electron chi connectivity index (χ3n) is 3.28. The van der Waals surface area contributed by atoms with Crippen LogP contribution in [0.3, 0.4) is 0 Å². The molecule has 0 aliphatic heterocycles. The third kappa shape index (κ3) is 2.07. The van der Waals surface area contributed by atoms with Crippen molar-refractivity contribution in [3.63, 3.8) is 0 Å². The Hall–Kier alpha value is -1.89. The highest BCUT2D eigenvalue weighted by Gasteiger charge is 2.28. The molecule has 1 aliphatic rings. The molecule has 2 aromatic heterocycles. The zero-order valence-electron chi connectivity index (χ0n) is 10.4. The summed E-state index contributed by atoms with van der Waals surface area (Å²) in [5.74, 6) is -0.00951. The maximum absolute atomic E-state index is 13.2. The summed E-state index contributed by atoms with van der Waals surface area (Å²) in [7, 11) is 0. The smallest absolute Gasteiger partial charge is 0.207 e. The molecule has 2 heterocycles. The summed E-state index contributed by atoms with van der Waals surface area (Å²) in [5.41, 5.74) is 0.526. The molecule has 0 radical (unpaired) electrons. The van der Waals surface area contributed by atoms with Crippen LogP contribution in [0.4, 0.5) is 8.78 Å². The first kappa shape index (κ1) is 11.9. The Morgan fingerprint density at radius 1 is 1.15 bits per heavy atom. The van der Waals surface area contributed by atoms with Crippen LogP contribution < -0.4 is 0 Å². The topological polar surface area (TPSA) is 43.1 Å². The third-order valence-corrected chi connectivity index (χ3v) is 4.34. The summed E-state index contributed by atoms with van der Waals surface area (Å²) >= 11 is 1.54. The van der Waals surface area contributed by atoms with Crippen molar-refractivity contribution < 1.29 is 8.78 Å². The standard InChI is InChI=1S/C13H10F2N4S/c14-9-3-7(4-10(15)6-9)5-11-16-17-13-19(11)18-12(20-13)8-1-2-8/h3-4,6,8H,1-2,5H2. The zero-order valence-corrected chi connectivity index (χ0v) is 11.2. The number of benzene rings is 1. The molecule has 20 heavy (non-hydrogen) atoms. The van der Waals surface area contributed by atoms with E-state index in [-0.39, 0.29) is 0 Å². The average molecular weight is 292 g/mol. The molecule has 0 atom stereocenters. The van der Waals surface area contributed by atoms with Gasteiger partial charge >= 0.3 is 0 Å². The van der Waals surface area contributed by atoms with E-state index in [0.29, 0.717) is 23.7 Å². The molecule has 3 aromatic rings. The maximum Gasteiger partial charge on any atom is 0.234 e. The minimum atomic E-state index is -0.585. The molecule has 0 spiro atoms. The van der Waals surface area contributed by atoms with Crippen LogP contribution in [0.25, 0.3) is 4.96 Å². The number of hydrogen-bond donors (Lipinski definition) is 0. The van der Waals surface area contributed by atoms with Crippen LogP contribution in [-0.4, -0.2) is 19.8 Å². The first-order valence-corrected chi connectivity index (χ1v) is 7.17. The largest absolute Gasteiger partial charge is 0.234 e. The number of rotatable bonds is 3. The van der Waals surface area contributed by atoms with Crippen LogP contribution in [-0.2, 0) is 6.42 Å². The molecular formula is C13H10F2N4S. The summed E-state index contributed by atoms with van der Waals surface area (Å²) in [6.45, 7) is 0. The summed E-state index contributed by atoms with van der Waals surface area (Å²) in [6, 6.07) is 3.47. The maximum atomic E-state index is 13.2. The molecule has 1 fully saturated rings. The number of halogens is 2. The molecule has 4 nitrogen and oxygen atoms in total. The van der Waals surface area contributed by atoms with E-state index >= 15 is 0 Å². The Labute approximate surface area is 117 Å². The fraction of sp³-hybridized carbons (Fsp3) is 0.308. The molecule has 0 bridgehead atoms. The van der Waals surface area contributed by atoms with E-state index in [1.807, 2.05) is 0 Å². The van der Waals surface area contributed by atoms with Gasteiger partial charge in [0.15, 0.2) is 5.82 Å². The molecule has 0 amide bonds. The van der Waals surface area contributed by atoms with Crippen LogP contribution in [0.1, 0.15) is 35.2 Å². The van der Waals surface area contributed by atoms with Gasteiger partial charge in [-0.15, -0.1) is 10.2 Å². The van der Waals surface area contributed by atoms with Crippen LogP contribution in [0.2, 0.25) is 0 Å². The second kappa shape index (κ2) is 4.31. The van der Waals surface area contributed by atoms with Crippen LogP contribution in [0.15, 0.2) is 18.2 Å². The second-order valence-corrected chi connectivity index (χ2v) is 5.97. The van der Waals surface area contributed by atoms with Gasteiger partial charge in [-0.3, -0.25) is 0 Å². The minimum absolute atomic E-state index is 0.309. The van der Waals surface area contributed by atoms with Crippen molar-refractivity contribution in [1.29, 1.82) is 0 Å². The first-order valence-electron chi connectivity index (χ1n) is 6.35. The Morgan fingerprint density at radius 2 is 1.90 bits per heavy atom. The van der Waals surface area contributed by atoms with Crippen molar-refractivity contribution in [2.75, 3.05) is 0 Å². The van der Waals surface area contributed by atoms with E-state index in [4.69, 9.17) is 0 Å². The fourth-order valence-electron chi connectivity index (χ4n) is 2.17. The van der Waals surface area contributed by atoms with Gasteiger partial charge in [-0.25, -0.2) is 8.78 Å². The van der Waals surface area contributed by atoms with Crippen LogP contribution in [0.5, 0.6) is 0 Å². The Morgan fingerprint density at radius 3 is 2.60 bits per heavy atom. The van der Waals surface area contributed by atoms with E-state index in [9.17, 15) is 8.78 Å². The van der Waals surface area contributed by atoms with Crippen molar-refractivity contribution in [2.24, 2.45) is 0 Å². The number of hydrogen-bond acceptors (Lipinski definition) is 4. The molecule has 1 aromatic carbocycles. The zero-order chi connectivity index (χ0) is 13.7. The molecule has 102 valence electrons. The molecule has 1 aliphatic carbocycles. The van der Waals surface area contributed by atoms with Gasteiger partial charge in [0, 0.05) is 18.4 Å². The minimum Gasteiger partial charge on any atom is -0.207 e. The number of fused-ring (bicyclic) bond motifs is 1. The SMILES string of the molecule is Fc1cc(F)cc(Cc2nnc3sc(C4CC4)nn23)c1. The van der Waals surface area contributed by atoms with E-state index < -0.39 is 11.6 Å². The van der Waals surface area contributed by atoms with Crippen LogP contribution >= 0.6 is 11.3 Å². The van der Waals surface area contributed by atoms with Gasteiger partial charge in [0.25, 0.3) is 0 Å². The van der Waals surface area contributed by atoms with Crippen molar-refractivity contribution in [3.8, 4) is 0 Å². The van der Waals surface area contributed by atoms with Gasteiger partial charge in [-0.1, -0.05) is 11.3 Å². The summed E-state index contributed by atoms with van der Waals surface area (Å²) in [4.78, 5) is 0.735. The lowest BCUT2D eigenvalue weighted by atomic mass is 10.1. The summed E-state index contributed by atoms with van der Waals surface area (Å²) < 4.78 is 28.1. The Balaban J connectivity index is 1.70. The first-order chi connectivity index (χ1) is 9.69. The molecular weight excluding hydrogens is 282 g/mol. The Kier molecular flexibility index (Phi) is 2.56. The molecule has 7 heteroatoms. The predicted octanol–water partition coefficient (Wildman–Crippen LogP) is 2.93. The molecule has 1 saturated carbocycles. The van der Waals surface area contributed by atoms with E-state index in [0.717, 1.165) is 16.0 Å². The van der Waals surface area contributed by atoms with Gasteiger partial charge in [0.1, 0.15) is 16.6 Å². The fourth-order valence-corrected chi connectivity index (χ4v) is 3.20. The number of aromatic nitrogens is 4. The van der Waals surface area contributed by atoms with Gasteiger partial charge in [0.2, 0.25) is 4.96 Å². The van der Waals surface area contributed by atoms with Crippen molar-refractivity contribution in [1.82, 2.24) is 19.8 Å². The second-order valence-electron chi connectivity index (χ2n) is 4.98. The van der Waals surface area contributed by atoms with E-state index in [1.54, 1.807) is 4.52 Å². The van der Waals surface area contributed by atoms with Crippen molar-refractivity contribution >= 4 is 16.3 Å². The molecule has 0 N–H and O–H groups in total. The van der Waals surface area contributed by atoms with E-state index in [1.165, 1.54) is 36.3 Å². The Bertz CT molecular complexity index is 771. The quantitative estimate of drug-likeness (QED) is 0.745. The lowest BCUT2D eigenvalue weighted by molar-refractivity contribution is 0.580. The highest BCUT2D eigenvalue weighted by Crippen LogP contribution is 2.41. The average Bonchev–Trinajstić information content (AvgIpc) is 3.04. The summed E-state index contributed by atoms with van der Waals surface area (Å²) in [6.07, 6.45) is 2.66.